The van der Waals surface area contributed by atoms with Crippen molar-refractivity contribution in [2.75, 3.05) is 0 Å². The van der Waals surface area contributed by atoms with Crippen molar-refractivity contribution in [2.45, 2.75) is 23.9 Å². The van der Waals surface area contributed by atoms with E-state index in [-0.39, 0.29) is 34.4 Å². The summed E-state index contributed by atoms with van der Waals surface area (Å²) in [7, 11) is -4.11. The number of ether oxygens (including phenoxy) is 1. The van der Waals surface area contributed by atoms with E-state index >= 15 is 0 Å². The van der Waals surface area contributed by atoms with Gasteiger partial charge >= 0.3 is 10.1 Å². The molecule has 0 saturated carbocycles. The first-order valence-electron chi connectivity index (χ1n) is 12.9. The van der Waals surface area contributed by atoms with Crippen LogP contribution >= 0.6 is 11.6 Å². The number of halogens is 1. The molecule has 3 N–H and O–H groups in total. The third kappa shape index (κ3) is 5.41. The van der Waals surface area contributed by atoms with Crippen LogP contribution in [0, 0.1) is 0 Å². The van der Waals surface area contributed by atoms with Gasteiger partial charge < -0.3 is 24.2 Å². The van der Waals surface area contributed by atoms with E-state index in [1.165, 1.54) is 24.3 Å². The van der Waals surface area contributed by atoms with Gasteiger partial charge in [0.15, 0.2) is 5.75 Å². The molecular formula is C32H25ClO7S. The molecule has 0 amide bonds. The van der Waals surface area contributed by atoms with Crippen LogP contribution in [0.1, 0.15) is 28.7 Å². The van der Waals surface area contributed by atoms with Gasteiger partial charge in [-0.05, 0) is 69.8 Å². The highest BCUT2D eigenvalue weighted by molar-refractivity contribution is 7.87. The lowest BCUT2D eigenvalue weighted by Crippen LogP contribution is -2.35. The van der Waals surface area contributed by atoms with Crippen molar-refractivity contribution >= 4 is 45.0 Å². The second-order valence-electron chi connectivity index (χ2n) is 9.94. The number of phenols is 3. The molecule has 2 bridgehead atoms. The summed E-state index contributed by atoms with van der Waals surface area (Å²) in [4.78, 5) is 0. The molecule has 1 fully saturated rings. The Morgan fingerprint density at radius 2 is 1.37 bits per heavy atom. The molecule has 0 spiro atoms. The van der Waals surface area contributed by atoms with Crippen molar-refractivity contribution in [3.63, 3.8) is 0 Å². The molecule has 7 nitrogen and oxygen atoms in total. The minimum atomic E-state index is -4.11. The molecule has 9 heteroatoms. The quantitative estimate of drug-likeness (QED) is 0.167. The first-order chi connectivity index (χ1) is 19.7. The van der Waals surface area contributed by atoms with Crippen molar-refractivity contribution in [1.29, 1.82) is 0 Å². The Balaban J connectivity index is 1.35. The van der Waals surface area contributed by atoms with Crippen molar-refractivity contribution < 1.29 is 32.7 Å². The van der Waals surface area contributed by atoms with E-state index in [0.29, 0.717) is 5.56 Å². The molecule has 0 aromatic heterocycles. The van der Waals surface area contributed by atoms with Crippen LogP contribution in [0.3, 0.4) is 0 Å². The summed E-state index contributed by atoms with van der Waals surface area (Å²) in [6.07, 6.45) is 2.58. The molecule has 2 aliphatic rings. The van der Waals surface area contributed by atoms with E-state index < -0.39 is 27.6 Å². The summed E-state index contributed by atoms with van der Waals surface area (Å²) < 4.78 is 38.7. The van der Waals surface area contributed by atoms with Gasteiger partial charge in [-0.25, -0.2) is 0 Å². The lowest BCUT2D eigenvalue weighted by Gasteiger charge is -2.25. The van der Waals surface area contributed by atoms with Gasteiger partial charge in [-0.1, -0.05) is 72.3 Å². The maximum Gasteiger partial charge on any atom is 0.315 e. The number of rotatable bonds is 7. The maximum absolute atomic E-state index is 13.5. The number of fused-ring (bicyclic) bond motifs is 2. The molecule has 2 heterocycles. The number of hydrogen-bond donors (Lipinski definition) is 3. The van der Waals surface area contributed by atoms with Crippen LogP contribution in [0.5, 0.6) is 23.0 Å². The van der Waals surface area contributed by atoms with Gasteiger partial charge in [-0.15, -0.1) is 0 Å². The fourth-order valence-corrected chi connectivity index (χ4v) is 7.03. The Bertz CT molecular complexity index is 1760. The highest BCUT2D eigenvalue weighted by Crippen LogP contribution is 2.51. The zero-order valence-corrected chi connectivity index (χ0v) is 23.1. The monoisotopic (exact) mass is 588 g/mol. The highest BCUT2D eigenvalue weighted by atomic mass is 35.5. The molecule has 1 saturated heterocycles. The van der Waals surface area contributed by atoms with E-state index in [1.54, 1.807) is 48.5 Å². The largest absolute Gasteiger partial charge is 0.508 e. The van der Waals surface area contributed by atoms with Crippen LogP contribution < -0.4 is 4.18 Å². The van der Waals surface area contributed by atoms with Gasteiger partial charge in [-0.2, -0.15) is 8.42 Å². The Morgan fingerprint density at radius 3 is 2.05 bits per heavy atom. The van der Waals surface area contributed by atoms with Crippen molar-refractivity contribution in [2.24, 2.45) is 0 Å². The van der Waals surface area contributed by atoms with Crippen LogP contribution in [0.4, 0.5) is 0 Å². The van der Waals surface area contributed by atoms with Gasteiger partial charge in [0.2, 0.25) is 0 Å². The van der Waals surface area contributed by atoms with E-state index in [2.05, 4.69) is 0 Å². The van der Waals surface area contributed by atoms with E-state index in [1.807, 2.05) is 30.3 Å². The first-order valence-corrected chi connectivity index (χ1v) is 14.7. The Labute approximate surface area is 242 Å². The number of para-hydroxylation sites is 1. The average Bonchev–Trinajstić information content (AvgIpc) is 3.54. The van der Waals surface area contributed by atoms with E-state index in [9.17, 15) is 23.7 Å². The van der Waals surface area contributed by atoms with Gasteiger partial charge in [0.25, 0.3) is 0 Å². The molecule has 3 atom stereocenters. The summed E-state index contributed by atoms with van der Waals surface area (Å²) in [6.45, 7) is 0. The molecule has 0 radical (unpaired) electrons. The molecule has 6 rings (SSSR count). The molecule has 2 aliphatic heterocycles. The predicted octanol–water partition coefficient (Wildman–Crippen LogP) is 6.49. The van der Waals surface area contributed by atoms with Crippen LogP contribution in [0.2, 0.25) is 5.02 Å². The molecule has 41 heavy (non-hydrogen) atoms. The minimum absolute atomic E-state index is 0.0343. The molecule has 208 valence electrons. The fourth-order valence-electron chi connectivity index (χ4n) is 5.37. The zero-order chi connectivity index (χ0) is 28.7. The topological polar surface area (TPSA) is 113 Å². The Kier molecular flexibility index (Phi) is 6.99. The maximum atomic E-state index is 13.5. The Hall–Kier alpha value is -4.24. The first kappa shape index (κ1) is 27.0. The normalized spacial score (nSPS) is 20.2. The zero-order valence-electron chi connectivity index (χ0n) is 21.5. The minimum Gasteiger partial charge on any atom is -0.508 e. The van der Waals surface area contributed by atoms with E-state index in [0.717, 1.165) is 27.8 Å². The predicted molar refractivity (Wildman–Crippen MR) is 158 cm³/mol. The van der Waals surface area contributed by atoms with Crippen molar-refractivity contribution in [3.05, 3.63) is 118 Å². The molecule has 4 aromatic rings. The lowest BCUT2D eigenvalue weighted by molar-refractivity contribution is 0.128. The smallest absolute Gasteiger partial charge is 0.315 e. The third-order valence-electron chi connectivity index (χ3n) is 7.20. The summed E-state index contributed by atoms with van der Waals surface area (Å²) in [5.41, 5.74) is 4.75. The van der Waals surface area contributed by atoms with Gasteiger partial charge in [0, 0.05) is 12.5 Å². The number of phenolic OH excluding ortho intramolecular Hbond substituents is 3. The standard InChI is InChI=1S/C32H25ClO7S/c33-26-3-1-2-4-27(26)40-41(37,38)29-18-28-30(21-11-13-23(34)14-12-21)31(32(29)39-28)22-9-7-19(8-10-22)5-6-20-15-24(35)17-25(36)16-20/h1-17,28-29,32,34-36H,18H2/b6-5+. The average molecular weight is 589 g/mol. The summed E-state index contributed by atoms with van der Waals surface area (Å²) in [5.74, 6) is 0.128. The van der Waals surface area contributed by atoms with Crippen molar-refractivity contribution in [3.8, 4) is 23.0 Å². The van der Waals surface area contributed by atoms with E-state index in [4.69, 9.17) is 20.5 Å². The number of aromatic hydroxyl groups is 3. The number of benzene rings is 4. The van der Waals surface area contributed by atoms with Gasteiger partial charge in [-0.3, -0.25) is 0 Å². The Morgan fingerprint density at radius 1 is 0.756 bits per heavy atom. The number of hydrogen-bond acceptors (Lipinski definition) is 7. The SMILES string of the molecule is O=S(=O)(Oc1ccccc1Cl)C1CC2OC1C(c1ccc(/C=C/c3cc(O)cc(O)c3)cc1)=C2c1ccc(O)cc1. The van der Waals surface area contributed by atoms with Crippen LogP contribution in [-0.4, -0.2) is 41.2 Å². The van der Waals surface area contributed by atoms with Gasteiger partial charge in [0.05, 0.1) is 11.1 Å². The fraction of sp³-hybridized carbons (Fsp3) is 0.125. The molecule has 0 aliphatic carbocycles. The van der Waals surface area contributed by atoms with Crippen LogP contribution in [-0.2, 0) is 14.9 Å². The highest BCUT2D eigenvalue weighted by Gasteiger charge is 2.53. The molecular weight excluding hydrogens is 564 g/mol. The lowest BCUT2D eigenvalue weighted by atomic mass is 9.83. The van der Waals surface area contributed by atoms with Gasteiger partial charge in [0.1, 0.15) is 28.6 Å². The molecule has 3 unspecified atom stereocenters. The van der Waals surface area contributed by atoms with Crippen LogP contribution in [0.25, 0.3) is 23.3 Å². The molecule has 4 aromatic carbocycles. The third-order valence-corrected chi connectivity index (χ3v) is 9.10. The summed E-state index contributed by atoms with van der Waals surface area (Å²) in [5, 5.41) is 28.5. The second-order valence-corrected chi connectivity index (χ2v) is 12.1. The van der Waals surface area contributed by atoms with Crippen molar-refractivity contribution in [1.82, 2.24) is 0 Å². The summed E-state index contributed by atoms with van der Waals surface area (Å²) >= 11 is 6.17. The second kappa shape index (κ2) is 10.6. The summed E-state index contributed by atoms with van der Waals surface area (Å²) in [6, 6.07) is 25.1. The van der Waals surface area contributed by atoms with Crippen LogP contribution in [0.15, 0.2) is 91.0 Å².